The number of ether oxygens (including phenoxy) is 1. The molecule has 4 aromatic rings. The van der Waals surface area contributed by atoms with Crippen LogP contribution in [0.4, 0.5) is 8.78 Å². The second kappa shape index (κ2) is 7.31. The summed E-state index contributed by atoms with van der Waals surface area (Å²) in [6, 6.07) is 14.6. The minimum absolute atomic E-state index is 0.160. The molecule has 0 aliphatic heterocycles. The fourth-order valence-corrected chi connectivity index (χ4v) is 3.39. The van der Waals surface area contributed by atoms with Gasteiger partial charge in [-0.05, 0) is 55.0 Å². The van der Waals surface area contributed by atoms with E-state index in [-0.39, 0.29) is 11.4 Å². The summed E-state index contributed by atoms with van der Waals surface area (Å²) < 4.78 is 34.1. The molecule has 6 heteroatoms. The van der Waals surface area contributed by atoms with Crippen molar-refractivity contribution in [2.24, 2.45) is 0 Å². The fourth-order valence-electron chi connectivity index (χ4n) is 3.39. The van der Waals surface area contributed by atoms with E-state index in [1.807, 2.05) is 17.7 Å². The molecule has 28 heavy (non-hydrogen) atoms. The molecule has 0 N–H and O–H groups in total. The van der Waals surface area contributed by atoms with Gasteiger partial charge in [-0.1, -0.05) is 12.1 Å². The second-order valence-electron chi connectivity index (χ2n) is 6.34. The molecule has 0 radical (unpaired) electrons. The van der Waals surface area contributed by atoms with Gasteiger partial charge < -0.3 is 9.30 Å². The Bertz CT molecular complexity index is 1180. The van der Waals surface area contributed by atoms with E-state index in [1.165, 1.54) is 12.1 Å². The number of aryl methyl sites for hydroxylation is 1. The Morgan fingerprint density at radius 2 is 1.71 bits per heavy atom. The Morgan fingerprint density at radius 3 is 2.36 bits per heavy atom. The number of alkyl halides is 1. The van der Waals surface area contributed by atoms with Crippen LogP contribution in [0.2, 0.25) is 0 Å². The molecular weight excluding hydrogens is 362 g/mol. The van der Waals surface area contributed by atoms with E-state index in [0.717, 1.165) is 16.6 Å². The van der Waals surface area contributed by atoms with E-state index in [0.29, 0.717) is 23.4 Å². The maximum absolute atomic E-state index is 13.4. The molecule has 0 aliphatic rings. The average Bonchev–Trinajstić information content (AvgIpc) is 3.15. The van der Waals surface area contributed by atoms with Gasteiger partial charge in [-0.3, -0.25) is 9.36 Å². The number of rotatable bonds is 5. The number of nitrogens with zero attached hydrogens (tertiary/aromatic N) is 2. The van der Waals surface area contributed by atoms with Gasteiger partial charge in [-0.2, -0.15) is 0 Å². The summed E-state index contributed by atoms with van der Waals surface area (Å²) >= 11 is 0. The average molecular weight is 380 g/mol. The molecule has 4 rings (SSSR count). The number of fused-ring (bicyclic) bond motifs is 1. The number of aromatic nitrogens is 2. The summed E-state index contributed by atoms with van der Waals surface area (Å²) in [6.07, 6.45) is 3.64. The predicted molar refractivity (Wildman–Crippen MR) is 105 cm³/mol. The third-order valence-electron chi connectivity index (χ3n) is 4.76. The maximum Gasteiger partial charge on any atom is 0.264 e. The summed E-state index contributed by atoms with van der Waals surface area (Å²) in [6.45, 7) is 1.80. The van der Waals surface area contributed by atoms with Gasteiger partial charge in [0.2, 0.25) is 6.86 Å². The molecule has 0 saturated carbocycles. The van der Waals surface area contributed by atoms with Crippen molar-refractivity contribution in [3.8, 4) is 22.6 Å². The van der Waals surface area contributed by atoms with Crippen LogP contribution >= 0.6 is 0 Å². The van der Waals surface area contributed by atoms with Crippen molar-refractivity contribution in [2.45, 2.75) is 13.5 Å². The summed E-state index contributed by atoms with van der Waals surface area (Å²) in [4.78, 5) is 13.1. The first-order chi connectivity index (χ1) is 13.6. The lowest BCUT2D eigenvalue weighted by molar-refractivity contribution is 0.192. The highest BCUT2D eigenvalue weighted by Gasteiger charge is 2.15. The fraction of sp³-hybridized carbons (Fsp3) is 0.136. The lowest BCUT2D eigenvalue weighted by atomic mass is 10.0. The number of hydrogen-bond donors (Lipinski definition) is 0. The van der Waals surface area contributed by atoms with Crippen LogP contribution in [0.3, 0.4) is 0 Å². The summed E-state index contributed by atoms with van der Waals surface area (Å²) in [5.41, 5.74) is 2.92. The van der Waals surface area contributed by atoms with Gasteiger partial charge >= 0.3 is 0 Å². The number of halogens is 2. The molecule has 0 saturated heterocycles. The lowest BCUT2D eigenvalue weighted by Gasteiger charge is -2.13. The molecule has 2 aromatic heterocycles. The van der Waals surface area contributed by atoms with Gasteiger partial charge in [0.05, 0.1) is 10.9 Å². The zero-order chi connectivity index (χ0) is 19.7. The van der Waals surface area contributed by atoms with Crippen LogP contribution < -0.4 is 10.3 Å². The molecular formula is C22H18F2N2O2. The SMILES string of the molecule is CCn1ccc2c(=O)n(-c3ccc(OCF)cc3)cc(-c3ccc(F)cc3)c21. The Morgan fingerprint density at radius 1 is 1.00 bits per heavy atom. The van der Waals surface area contributed by atoms with Crippen molar-refractivity contribution in [1.82, 2.24) is 9.13 Å². The van der Waals surface area contributed by atoms with Crippen molar-refractivity contribution in [3.05, 3.63) is 83.2 Å². The van der Waals surface area contributed by atoms with E-state index in [1.54, 1.807) is 53.2 Å². The van der Waals surface area contributed by atoms with Gasteiger partial charge in [0.1, 0.15) is 11.6 Å². The highest BCUT2D eigenvalue weighted by molar-refractivity contribution is 5.94. The zero-order valence-electron chi connectivity index (χ0n) is 15.2. The van der Waals surface area contributed by atoms with Crippen LogP contribution in [0.5, 0.6) is 5.75 Å². The van der Waals surface area contributed by atoms with E-state index in [9.17, 15) is 13.6 Å². The summed E-state index contributed by atoms with van der Waals surface area (Å²) in [5.74, 6) is 0.0684. The van der Waals surface area contributed by atoms with Crippen LogP contribution in [-0.4, -0.2) is 16.0 Å². The Labute approximate surface area is 160 Å². The van der Waals surface area contributed by atoms with Crippen LogP contribution in [0.1, 0.15) is 6.92 Å². The lowest BCUT2D eigenvalue weighted by Crippen LogP contribution is -2.18. The molecule has 0 amide bonds. The monoisotopic (exact) mass is 380 g/mol. The normalized spacial score (nSPS) is 11.1. The highest BCUT2D eigenvalue weighted by Crippen LogP contribution is 2.29. The molecule has 0 aliphatic carbocycles. The Hall–Kier alpha value is -3.41. The van der Waals surface area contributed by atoms with E-state index in [2.05, 4.69) is 0 Å². The van der Waals surface area contributed by atoms with Crippen LogP contribution in [0.25, 0.3) is 27.7 Å². The van der Waals surface area contributed by atoms with E-state index in [4.69, 9.17) is 4.74 Å². The van der Waals surface area contributed by atoms with E-state index < -0.39 is 6.86 Å². The Kier molecular flexibility index (Phi) is 4.69. The van der Waals surface area contributed by atoms with Crippen molar-refractivity contribution in [3.63, 3.8) is 0 Å². The first kappa shape index (κ1) is 18.0. The third-order valence-corrected chi connectivity index (χ3v) is 4.76. The first-order valence-electron chi connectivity index (χ1n) is 8.92. The third kappa shape index (κ3) is 3.07. The van der Waals surface area contributed by atoms with E-state index >= 15 is 0 Å². The topological polar surface area (TPSA) is 36.2 Å². The van der Waals surface area contributed by atoms with Crippen molar-refractivity contribution >= 4 is 10.9 Å². The van der Waals surface area contributed by atoms with Crippen molar-refractivity contribution < 1.29 is 13.5 Å². The molecule has 0 spiro atoms. The second-order valence-corrected chi connectivity index (χ2v) is 6.34. The molecule has 0 atom stereocenters. The standard InChI is InChI=1S/C22H18F2N2O2/c1-2-25-12-11-19-21(25)20(15-3-5-16(24)6-4-15)13-26(22(19)27)17-7-9-18(10-8-17)28-14-23/h3-13H,2,14H2,1H3. The zero-order valence-corrected chi connectivity index (χ0v) is 15.2. The molecule has 4 nitrogen and oxygen atoms in total. The smallest absolute Gasteiger partial charge is 0.264 e. The van der Waals surface area contributed by atoms with Gasteiger partial charge in [0.25, 0.3) is 5.56 Å². The molecule has 142 valence electrons. The Balaban J connectivity index is 1.96. The summed E-state index contributed by atoms with van der Waals surface area (Å²) in [5, 5.41) is 0.577. The predicted octanol–water partition coefficient (Wildman–Crippen LogP) is 4.92. The summed E-state index contributed by atoms with van der Waals surface area (Å²) in [7, 11) is 0. The highest BCUT2D eigenvalue weighted by atomic mass is 19.1. The van der Waals surface area contributed by atoms with Crippen molar-refractivity contribution in [1.29, 1.82) is 0 Å². The van der Waals surface area contributed by atoms with Gasteiger partial charge in [-0.15, -0.1) is 0 Å². The molecule has 2 aromatic carbocycles. The maximum atomic E-state index is 13.4. The molecule has 0 fully saturated rings. The number of pyridine rings is 1. The van der Waals surface area contributed by atoms with Crippen molar-refractivity contribution in [2.75, 3.05) is 6.86 Å². The number of benzene rings is 2. The van der Waals surface area contributed by atoms with Gasteiger partial charge in [0, 0.05) is 30.2 Å². The van der Waals surface area contributed by atoms with Crippen LogP contribution in [-0.2, 0) is 6.54 Å². The van der Waals surface area contributed by atoms with Crippen LogP contribution in [0, 0.1) is 5.82 Å². The minimum Gasteiger partial charge on any atom is -0.463 e. The first-order valence-corrected chi connectivity index (χ1v) is 8.92. The molecule has 2 heterocycles. The van der Waals surface area contributed by atoms with Gasteiger partial charge in [0.15, 0.2) is 0 Å². The minimum atomic E-state index is -0.912. The largest absolute Gasteiger partial charge is 0.463 e. The van der Waals surface area contributed by atoms with Crippen LogP contribution in [0.15, 0.2) is 71.8 Å². The van der Waals surface area contributed by atoms with Gasteiger partial charge in [-0.25, -0.2) is 8.78 Å². The number of hydrogen-bond acceptors (Lipinski definition) is 2. The quantitative estimate of drug-likeness (QED) is 0.493. The molecule has 0 unspecified atom stereocenters. The molecule has 0 bridgehead atoms.